The van der Waals surface area contributed by atoms with Crippen LogP contribution in [0.15, 0.2) is 24.3 Å². The second kappa shape index (κ2) is 7.33. The maximum absolute atomic E-state index is 13.1. The van der Waals surface area contributed by atoms with Crippen LogP contribution in [-0.2, 0) is 9.59 Å². The number of rotatable bonds is 5. The molecule has 1 heterocycles. The number of ether oxygens (including phenoxy) is 1. The fourth-order valence-electron chi connectivity index (χ4n) is 2.92. The SMILES string of the molecule is CCC(Oc1ccccc1C)C(=O)N1C[C@@H](C(F)(F)F)[C@H](C(=O)O)C1. The van der Waals surface area contributed by atoms with Gasteiger partial charge in [0.1, 0.15) is 5.75 Å². The number of hydrogen-bond acceptors (Lipinski definition) is 3. The van der Waals surface area contributed by atoms with Crippen LogP contribution in [0.25, 0.3) is 0 Å². The molecule has 1 aromatic rings. The maximum Gasteiger partial charge on any atom is 0.394 e. The zero-order valence-electron chi connectivity index (χ0n) is 13.9. The van der Waals surface area contributed by atoms with E-state index in [9.17, 15) is 22.8 Å². The molecule has 1 aliphatic rings. The highest BCUT2D eigenvalue weighted by molar-refractivity contribution is 5.83. The predicted octanol–water partition coefficient (Wildman–Crippen LogP) is 2.87. The summed E-state index contributed by atoms with van der Waals surface area (Å²) in [7, 11) is 0. The highest BCUT2D eigenvalue weighted by Gasteiger charge is 2.54. The first kappa shape index (κ1) is 19.1. The molecule has 1 amide bonds. The molecule has 138 valence electrons. The van der Waals surface area contributed by atoms with Gasteiger partial charge in [-0.05, 0) is 25.0 Å². The van der Waals surface area contributed by atoms with E-state index in [0.29, 0.717) is 5.75 Å². The maximum atomic E-state index is 13.1. The van der Waals surface area contributed by atoms with E-state index in [1.807, 2.05) is 0 Å². The molecule has 0 bridgehead atoms. The molecule has 25 heavy (non-hydrogen) atoms. The topological polar surface area (TPSA) is 66.8 Å². The Morgan fingerprint density at radius 1 is 1.32 bits per heavy atom. The van der Waals surface area contributed by atoms with Crippen molar-refractivity contribution in [3.05, 3.63) is 29.8 Å². The first-order chi connectivity index (χ1) is 11.6. The van der Waals surface area contributed by atoms with E-state index >= 15 is 0 Å². The monoisotopic (exact) mass is 359 g/mol. The van der Waals surface area contributed by atoms with Gasteiger partial charge in [0, 0.05) is 13.1 Å². The van der Waals surface area contributed by atoms with Crippen LogP contribution in [0.1, 0.15) is 18.9 Å². The fraction of sp³-hybridized carbons (Fsp3) is 0.529. The summed E-state index contributed by atoms with van der Waals surface area (Å²) in [6.45, 7) is 2.36. The van der Waals surface area contributed by atoms with Crippen LogP contribution in [0, 0.1) is 18.8 Å². The lowest BCUT2D eigenvalue weighted by Gasteiger charge is -2.24. The molecule has 0 spiro atoms. The first-order valence-corrected chi connectivity index (χ1v) is 7.95. The highest BCUT2D eigenvalue weighted by atomic mass is 19.4. The van der Waals surface area contributed by atoms with E-state index in [4.69, 9.17) is 9.84 Å². The van der Waals surface area contributed by atoms with Crippen molar-refractivity contribution in [1.29, 1.82) is 0 Å². The molecule has 2 rings (SSSR count). The Balaban J connectivity index is 2.15. The van der Waals surface area contributed by atoms with Gasteiger partial charge in [-0.25, -0.2) is 0 Å². The van der Waals surface area contributed by atoms with Gasteiger partial charge in [0.2, 0.25) is 0 Å². The van der Waals surface area contributed by atoms with Gasteiger partial charge in [-0.1, -0.05) is 25.1 Å². The molecule has 8 heteroatoms. The van der Waals surface area contributed by atoms with E-state index in [1.165, 1.54) is 0 Å². The van der Waals surface area contributed by atoms with Crippen LogP contribution < -0.4 is 4.74 Å². The molecule has 0 aromatic heterocycles. The molecule has 3 atom stereocenters. The molecular weight excluding hydrogens is 339 g/mol. The number of carbonyl (C=O) groups is 2. The smallest absolute Gasteiger partial charge is 0.394 e. The van der Waals surface area contributed by atoms with Crippen LogP contribution in [-0.4, -0.2) is 47.3 Å². The Labute approximate surface area is 143 Å². The lowest BCUT2D eigenvalue weighted by molar-refractivity contribution is -0.188. The van der Waals surface area contributed by atoms with Crippen molar-refractivity contribution in [2.45, 2.75) is 32.5 Å². The third kappa shape index (κ3) is 4.24. The van der Waals surface area contributed by atoms with Crippen LogP contribution >= 0.6 is 0 Å². The lowest BCUT2D eigenvalue weighted by Crippen LogP contribution is -2.41. The number of aliphatic carboxylic acids is 1. The molecule has 0 radical (unpaired) electrons. The van der Waals surface area contributed by atoms with Crippen molar-refractivity contribution < 1.29 is 32.6 Å². The van der Waals surface area contributed by atoms with Crippen molar-refractivity contribution in [3.8, 4) is 5.75 Å². The van der Waals surface area contributed by atoms with Crippen molar-refractivity contribution in [3.63, 3.8) is 0 Å². The quantitative estimate of drug-likeness (QED) is 0.878. The molecule has 1 saturated heterocycles. The number of benzene rings is 1. The third-order valence-electron chi connectivity index (χ3n) is 4.38. The van der Waals surface area contributed by atoms with Gasteiger partial charge >= 0.3 is 12.1 Å². The second-order valence-electron chi connectivity index (χ2n) is 6.12. The van der Waals surface area contributed by atoms with Gasteiger partial charge in [-0.15, -0.1) is 0 Å². The van der Waals surface area contributed by atoms with Gasteiger partial charge in [-0.3, -0.25) is 9.59 Å². The minimum absolute atomic E-state index is 0.262. The Bertz CT molecular complexity index is 647. The van der Waals surface area contributed by atoms with Gasteiger partial charge in [0.15, 0.2) is 6.10 Å². The zero-order valence-corrected chi connectivity index (χ0v) is 13.9. The largest absolute Gasteiger partial charge is 0.481 e. The Morgan fingerprint density at radius 3 is 2.44 bits per heavy atom. The first-order valence-electron chi connectivity index (χ1n) is 7.95. The average molecular weight is 359 g/mol. The molecule has 1 aromatic carbocycles. The minimum atomic E-state index is -4.67. The van der Waals surface area contributed by atoms with Crippen molar-refractivity contribution in [1.82, 2.24) is 4.90 Å². The standard InChI is InChI=1S/C17H20F3NO4/c1-3-13(25-14-7-5-4-6-10(14)2)15(22)21-8-11(16(23)24)12(9-21)17(18,19)20/h4-7,11-13H,3,8-9H2,1-2H3,(H,23,24)/t11-,12-,13?/m1/s1. The zero-order chi connectivity index (χ0) is 18.8. The minimum Gasteiger partial charge on any atom is -0.481 e. The molecular formula is C17H20F3NO4. The number of halogens is 3. The Kier molecular flexibility index (Phi) is 5.59. The number of carboxylic acids is 1. The molecule has 1 N–H and O–H groups in total. The summed E-state index contributed by atoms with van der Waals surface area (Å²) < 4.78 is 44.8. The van der Waals surface area contributed by atoms with Crippen LogP contribution in [0.5, 0.6) is 5.75 Å². The molecule has 1 unspecified atom stereocenters. The molecule has 1 aliphatic heterocycles. The molecule has 1 fully saturated rings. The van der Waals surface area contributed by atoms with Crippen LogP contribution in [0.2, 0.25) is 0 Å². The summed E-state index contributed by atoms with van der Waals surface area (Å²) in [6, 6.07) is 7.00. The number of hydrogen-bond donors (Lipinski definition) is 1. The van der Waals surface area contributed by atoms with Gasteiger partial charge in [0.05, 0.1) is 11.8 Å². The second-order valence-corrected chi connectivity index (χ2v) is 6.12. The summed E-state index contributed by atoms with van der Waals surface area (Å²) in [5, 5.41) is 9.04. The van der Waals surface area contributed by atoms with Gasteiger partial charge in [-0.2, -0.15) is 13.2 Å². The number of para-hydroxylation sites is 1. The van der Waals surface area contributed by atoms with Crippen molar-refractivity contribution in [2.24, 2.45) is 11.8 Å². The van der Waals surface area contributed by atoms with Crippen LogP contribution in [0.4, 0.5) is 13.2 Å². The summed E-state index contributed by atoms with van der Waals surface area (Å²) in [5.41, 5.74) is 0.798. The number of likely N-dealkylation sites (tertiary alicyclic amines) is 1. The Morgan fingerprint density at radius 2 is 1.96 bits per heavy atom. The fourth-order valence-corrected chi connectivity index (χ4v) is 2.92. The normalized spacial score (nSPS) is 21.9. The summed E-state index contributed by atoms with van der Waals surface area (Å²) in [5.74, 6) is -5.41. The summed E-state index contributed by atoms with van der Waals surface area (Å²) >= 11 is 0. The third-order valence-corrected chi connectivity index (χ3v) is 4.38. The van der Waals surface area contributed by atoms with Crippen molar-refractivity contribution >= 4 is 11.9 Å². The lowest BCUT2D eigenvalue weighted by atomic mass is 9.96. The highest BCUT2D eigenvalue weighted by Crippen LogP contribution is 2.38. The number of nitrogens with zero attached hydrogens (tertiary/aromatic N) is 1. The number of amides is 1. The van der Waals surface area contributed by atoms with E-state index in [2.05, 4.69) is 0 Å². The van der Waals surface area contributed by atoms with E-state index in [-0.39, 0.29) is 6.42 Å². The number of carbonyl (C=O) groups excluding carboxylic acids is 1. The number of alkyl halides is 3. The number of aryl methyl sites for hydroxylation is 1. The molecule has 0 aliphatic carbocycles. The average Bonchev–Trinajstić information content (AvgIpc) is 2.99. The summed E-state index contributed by atoms with van der Waals surface area (Å²) in [4.78, 5) is 24.7. The van der Waals surface area contributed by atoms with E-state index in [1.54, 1.807) is 38.1 Å². The number of carboxylic acid groups (broad SMARTS) is 1. The Hall–Kier alpha value is -2.25. The van der Waals surface area contributed by atoms with E-state index < -0.39 is 49.1 Å². The predicted molar refractivity (Wildman–Crippen MR) is 83.1 cm³/mol. The summed E-state index contributed by atoms with van der Waals surface area (Å²) in [6.07, 6.45) is -5.36. The molecule has 0 saturated carbocycles. The van der Waals surface area contributed by atoms with Gasteiger partial charge in [0.25, 0.3) is 5.91 Å². The molecule has 5 nitrogen and oxygen atoms in total. The van der Waals surface area contributed by atoms with E-state index in [0.717, 1.165) is 10.5 Å². The van der Waals surface area contributed by atoms with Crippen molar-refractivity contribution in [2.75, 3.05) is 13.1 Å². The van der Waals surface area contributed by atoms with Gasteiger partial charge < -0.3 is 14.7 Å². The van der Waals surface area contributed by atoms with Crippen LogP contribution in [0.3, 0.4) is 0 Å².